The Bertz CT molecular complexity index is 722. The number of fused-ring (bicyclic) bond motifs is 1. The average molecular weight is 267 g/mol. The number of benzene rings is 1. The van der Waals surface area contributed by atoms with Gasteiger partial charge in [-0.2, -0.15) is 0 Å². The molecule has 2 aromatic heterocycles. The summed E-state index contributed by atoms with van der Waals surface area (Å²) in [5.41, 5.74) is 3.93. The summed E-state index contributed by atoms with van der Waals surface area (Å²) in [7, 11) is 0. The van der Waals surface area contributed by atoms with Crippen molar-refractivity contribution >= 4 is 22.7 Å². The van der Waals surface area contributed by atoms with Crippen LogP contribution in [0.15, 0.2) is 36.9 Å². The van der Waals surface area contributed by atoms with E-state index in [2.05, 4.69) is 70.3 Å². The van der Waals surface area contributed by atoms with Gasteiger partial charge in [-0.25, -0.2) is 15.0 Å². The van der Waals surface area contributed by atoms with Gasteiger partial charge in [0.25, 0.3) is 0 Å². The molecule has 102 valence electrons. The number of nitrogens with one attached hydrogen (secondary N) is 2. The lowest BCUT2D eigenvalue weighted by Gasteiger charge is -2.19. The number of anilines is 2. The molecule has 20 heavy (non-hydrogen) atoms. The van der Waals surface area contributed by atoms with Crippen LogP contribution in [-0.4, -0.2) is 19.9 Å². The molecule has 0 aliphatic heterocycles. The fourth-order valence-electron chi connectivity index (χ4n) is 2.05. The van der Waals surface area contributed by atoms with Crippen LogP contribution >= 0.6 is 0 Å². The second kappa shape index (κ2) is 4.59. The van der Waals surface area contributed by atoms with Crippen LogP contribution in [-0.2, 0) is 5.41 Å². The van der Waals surface area contributed by atoms with Gasteiger partial charge in [0.2, 0.25) is 0 Å². The number of hydrogen-bond acceptors (Lipinski definition) is 4. The standard InChI is InChI=1S/C15H17N5/c1-15(2,3)10-4-6-11(7-5-10)20-14-12-13(17-8-16-12)18-9-19-14/h4-9H,1-3H3,(H2,16,17,18,19,20). The number of aromatic amines is 1. The highest BCUT2D eigenvalue weighted by atomic mass is 15.1. The second-order valence-electron chi connectivity index (χ2n) is 5.78. The highest BCUT2D eigenvalue weighted by molar-refractivity contribution is 5.84. The topological polar surface area (TPSA) is 66.5 Å². The van der Waals surface area contributed by atoms with Crippen LogP contribution in [0.3, 0.4) is 0 Å². The van der Waals surface area contributed by atoms with Crippen molar-refractivity contribution in [3.8, 4) is 0 Å². The molecule has 5 nitrogen and oxygen atoms in total. The summed E-state index contributed by atoms with van der Waals surface area (Å²) in [5.74, 6) is 0.732. The van der Waals surface area contributed by atoms with Crippen LogP contribution in [0.1, 0.15) is 26.3 Å². The molecular formula is C15H17N5. The Morgan fingerprint density at radius 3 is 2.45 bits per heavy atom. The van der Waals surface area contributed by atoms with Gasteiger partial charge >= 0.3 is 0 Å². The van der Waals surface area contributed by atoms with E-state index in [1.807, 2.05) is 0 Å². The molecule has 0 bridgehead atoms. The molecule has 0 saturated carbocycles. The molecule has 0 spiro atoms. The van der Waals surface area contributed by atoms with Crippen LogP contribution in [0.5, 0.6) is 0 Å². The van der Waals surface area contributed by atoms with Crippen LogP contribution < -0.4 is 5.32 Å². The maximum absolute atomic E-state index is 4.25. The first-order chi connectivity index (χ1) is 9.54. The normalized spacial score (nSPS) is 11.8. The molecular weight excluding hydrogens is 250 g/mol. The van der Waals surface area contributed by atoms with Gasteiger partial charge < -0.3 is 10.3 Å². The zero-order valence-corrected chi connectivity index (χ0v) is 11.8. The second-order valence-corrected chi connectivity index (χ2v) is 5.78. The smallest absolute Gasteiger partial charge is 0.182 e. The van der Waals surface area contributed by atoms with E-state index < -0.39 is 0 Å². The number of aromatic nitrogens is 4. The molecule has 3 rings (SSSR count). The molecule has 5 heteroatoms. The number of imidazole rings is 1. The number of hydrogen-bond donors (Lipinski definition) is 2. The summed E-state index contributed by atoms with van der Waals surface area (Å²) >= 11 is 0. The first-order valence-electron chi connectivity index (χ1n) is 6.56. The minimum absolute atomic E-state index is 0.157. The SMILES string of the molecule is CC(C)(C)c1ccc(Nc2ncnc3nc[nH]c23)cc1. The Kier molecular flexibility index (Phi) is 2.89. The van der Waals surface area contributed by atoms with Gasteiger partial charge in [-0.3, -0.25) is 0 Å². The lowest BCUT2D eigenvalue weighted by atomic mass is 9.87. The van der Waals surface area contributed by atoms with E-state index >= 15 is 0 Å². The Hall–Kier alpha value is -2.43. The van der Waals surface area contributed by atoms with E-state index in [9.17, 15) is 0 Å². The minimum Gasteiger partial charge on any atom is -0.340 e. The lowest BCUT2D eigenvalue weighted by molar-refractivity contribution is 0.590. The van der Waals surface area contributed by atoms with Gasteiger partial charge in [0, 0.05) is 5.69 Å². The molecule has 2 heterocycles. The highest BCUT2D eigenvalue weighted by Gasteiger charge is 2.13. The van der Waals surface area contributed by atoms with Crippen molar-refractivity contribution < 1.29 is 0 Å². The molecule has 2 N–H and O–H groups in total. The van der Waals surface area contributed by atoms with Crippen molar-refractivity contribution in [2.45, 2.75) is 26.2 Å². The van der Waals surface area contributed by atoms with Crippen molar-refractivity contribution in [3.05, 3.63) is 42.5 Å². The molecule has 0 radical (unpaired) electrons. The summed E-state index contributed by atoms with van der Waals surface area (Å²) < 4.78 is 0. The van der Waals surface area contributed by atoms with E-state index in [-0.39, 0.29) is 5.41 Å². The quantitative estimate of drug-likeness (QED) is 0.747. The minimum atomic E-state index is 0.157. The van der Waals surface area contributed by atoms with Crippen molar-refractivity contribution in [2.75, 3.05) is 5.32 Å². The van der Waals surface area contributed by atoms with Crippen LogP contribution in [0, 0.1) is 0 Å². The monoisotopic (exact) mass is 267 g/mol. The zero-order chi connectivity index (χ0) is 14.2. The molecule has 0 fully saturated rings. The van der Waals surface area contributed by atoms with Crippen molar-refractivity contribution in [1.82, 2.24) is 19.9 Å². The third-order valence-corrected chi connectivity index (χ3v) is 3.24. The maximum Gasteiger partial charge on any atom is 0.182 e. The van der Waals surface area contributed by atoms with E-state index in [4.69, 9.17) is 0 Å². The maximum atomic E-state index is 4.25. The lowest BCUT2D eigenvalue weighted by Crippen LogP contribution is -2.10. The van der Waals surface area contributed by atoms with E-state index in [1.54, 1.807) is 6.33 Å². The summed E-state index contributed by atoms with van der Waals surface area (Å²) in [6, 6.07) is 8.39. The van der Waals surface area contributed by atoms with E-state index in [1.165, 1.54) is 11.9 Å². The zero-order valence-electron chi connectivity index (χ0n) is 11.8. The summed E-state index contributed by atoms with van der Waals surface area (Å²) in [6.45, 7) is 6.61. The van der Waals surface area contributed by atoms with Gasteiger partial charge in [0.15, 0.2) is 11.5 Å². The molecule has 0 amide bonds. The number of rotatable bonds is 2. The summed E-state index contributed by atoms with van der Waals surface area (Å²) in [6.07, 6.45) is 3.13. The van der Waals surface area contributed by atoms with E-state index in [0.29, 0.717) is 5.65 Å². The molecule has 0 aliphatic carbocycles. The van der Waals surface area contributed by atoms with Gasteiger partial charge in [-0.1, -0.05) is 32.9 Å². The fraction of sp³-hybridized carbons (Fsp3) is 0.267. The van der Waals surface area contributed by atoms with Crippen molar-refractivity contribution in [2.24, 2.45) is 0 Å². The predicted molar refractivity (Wildman–Crippen MR) is 80.1 cm³/mol. The van der Waals surface area contributed by atoms with Gasteiger partial charge in [-0.05, 0) is 23.1 Å². The Labute approximate surface area is 117 Å². The average Bonchev–Trinajstić information content (AvgIpc) is 2.88. The predicted octanol–water partition coefficient (Wildman–Crippen LogP) is 3.39. The van der Waals surface area contributed by atoms with Gasteiger partial charge in [0.1, 0.15) is 11.8 Å². The first kappa shape index (κ1) is 12.6. The first-order valence-corrected chi connectivity index (χ1v) is 6.56. The Morgan fingerprint density at radius 1 is 1.00 bits per heavy atom. The third kappa shape index (κ3) is 2.34. The number of nitrogens with zero attached hydrogens (tertiary/aromatic N) is 3. The van der Waals surface area contributed by atoms with Crippen molar-refractivity contribution in [3.63, 3.8) is 0 Å². The molecule has 3 aromatic rings. The van der Waals surface area contributed by atoms with Gasteiger partial charge in [-0.15, -0.1) is 0 Å². The largest absolute Gasteiger partial charge is 0.340 e. The highest BCUT2D eigenvalue weighted by Crippen LogP contribution is 2.25. The summed E-state index contributed by atoms with van der Waals surface area (Å²) in [4.78, 5) is 15.5. The van der Waals surface area contributed by atoms with Crippen molar-refractivity contribution in [1.29, 1.82) is 0 Å². The third-order valence-electron chi connectivity index (χ3n) is 3.24. The fourth-order valence-corrected chi connectivity index (χ4v) is 2.05. The molecule has 0 atom stereocenters. The Balaban J connectivity index is 1.90. The molecule has 1 aromatic carbocycles. The van der Waals surface area contributed by atoms with Gasteiger partial charge in [0.05, 0.1) is 6.33 Å². The molecule has 0 saturated heterocycles. The van der Waals surface area contributed by atoms with Crippen LogP contribution in [0.4, 0.5) is 11.5 Å². The Morgan fingerprint density at radius 2 is 1.75 bits per heavy atom. The number of H-pyrrole nitrogens is 1. The molecule has 0 aliphatic rings. The van der Waals surface area contributed by atoms with Crippen LogP contribution in [0.2, 0.25) is 0 Å². The van der Waals surface area contributed by atoms with Crippen LogP contribution in [0.25, 0.3) is 11.2 Å². The van der Waals surface area contributed by atoms with E-state index in [0.717, 1.165) is 17.0 Å². The summed E-state index contributed by atoms with van der Waals surface area (Å²) in [5, 5.41) is 3.29. The molecule has 0 unspecified atom stereocenters.